The van der Waals surface area contributed by atoms with Crippen LogP contribution in [0.15, 0.2) is 23.8 Å². The first-order chi connectivity index (χ1) is 12.8. The fourth-order valence-corrected chi connectivity index (χ4v) is 8.12. The Morgan fingerprint density at radius 3 is 2.81 bits per heavy atom. The van der Waals surface area contributed by atoms with E-state index in [-0.39, 0.29) is 11.3 Å². The molecule has 5 rings (SSSR count). The third-order valence-corrected chi connectivity index (χ3v) is 9.16. The average Bonchev–Trinajstić information content (AvgIpc) is 3.36. The zero-order chi connectivity index (χ0) is 19.1. The van der Waals surface area contributed by atoms with Crippen LogP contribution in [0.3, 0.4) is 0 Å². The first-order valence-corrected chi connectivity index (χ1v) is 10.6. The summed E-state index contributed by atoms with van der Waals surface area (Å²) in [7, 11) is 0. The molecule has 5 aliphatic carbocycles. The van der Waals surface area contributed by atoms with Crippen molar-refractivity contribution in [2.75, 3.05) is 0 Å². The van der Waals surface area contributed by atoms with Crippen molar-refractivity contribution in [2.24, 2.45) is 46.8 Å². The monoisotopic (exact) mass is 370 g/mol. The lowest BCUT2D eigenvalue weighted by molar-refractivity contribution is -0.133. The summed E-state index contributed by atoms with van der Waals surface area (Å²) in [6, 6.07) is 0. The highest BCUT2D eigenvalue weighted by atomic mass is 16.4. The van der Waals surface area contributed by atoms with Gasteiger partial charge >= 0.3 is 5.97 Å². The molecule has 0 unspecified atom stereocenters. The number of hydrogen-bond acceptors (Lipinski definition) is 3. The highest BCUT2D eigenvalue weighted by molar-refractivity contribution is 5.91. The molecule has 0 aliphatic heterocycles. The molecule has 4 heteroatoms. The largest absolute Gasteiger partial charge is 0.478 e. The second-order valence-corrected chi connectivity index (χ2v) is 10.2. The molecule has 4 saturated carbocycles. The van der Waals surface area contributed by atoms with Crippen molar-refractivity contribution in [1.82, 2.24) is 0 Å². The normalized spacial score (nSPS) is 53.2. The molecule has 0 radical (unpaired) electrons. The number of allylic oxidation sites excluding steroid dienone is 1. The minimum Gasteiger partial charge on any atom is -0.478 e. The molecule has 146 valence electrons. The van der Waals surface area contributed by atoms with Gasteiger partial charge in [0.15, 0.2) is 5.78 Å². The van der Waals surface area contributed by atoms with E-state index in [4.69, 9.17) is 5.11 Å². The minimum atomic E-state index is -0.982. The molecule has 2 N–H and O–H groups in total. The van der Waals surface area contributed by atoms with Crippen LogP contribution in [0.25, 0.3) is 0 Å². The van der Waals surface area contributed by atoms with Gasteiger partial charge in [-0.25, -0.2) is 4.79 Å². The number of rotatable bonds is 2. The Labute approximate surface area is 160 Å². The van der Waals surface area contributed by atoms with Gasteiger partial charge in [0.1, 0.15) is 0 Å². The number of ketones is 1. The molecule has 4 nitrogen and oxygen atoms in total. The molecular formula is C23H30O4. The van der Waals surface area contributed by atoms with E-state index in [0.29, 0.717) is 47.7 Å². The average molecular weight is 370 g/mol. The zero-order valence-corrected chi connectivity index (χ0v) is 16.2. The van der Waals surface area contributed by atoms with E-state index in [0.717, 1.165) is 38.2 Å². The topological polar surface area (TPSA) is 74.6 Å². The third-order valence-electron chi connectivity index (χ3n) is 9.16. The minimum absolute atomic E-state index is 0.221. The fourth-order valence-electron chi connectivity index (χ4n) is 8.12. The van der Waals surface area contributed by atoms with Crippen LogP contribution in [0, 0.1) is 46.8 Å². The van der Waals surface area contributed by atoms with Crippen LogP contribution in [0.5, 0.6) is 0 Å². The van der Waals surface area contributed by atoms with E-state index in [2.05, 4.69) is 13.8 Å². The Bertz CT molecular complexity index is 766. The predicted molar refractivity (Wildman–Crippen MR) is 101 cm³/mol. The SMILES string of the molecule is C[C@@H]1CC2=CC(=O)CC[C@@H]2[C@H]2CC[C@@]3(C)[C@@H]([C@@H]4C[C@@H]4[C@@]3(O)/C=C\C(=O)O)[C@@H]21. The number of carboxylic acid groups (broad SMARTS) is 1. The summed E-state index contributed by atoms with van der Waals surface area (Å²) < 4.78 is 0. The molecule has 0 spiro atoms. The lowest BCUT2D eigenvalue weighted by Crippen LogP contribution is -2.56. The number of hydrogen-bond donors (Lipinski definition) is 2. The van der Waals surface area contributed by atoms with E-state index in [1.54, 1.807) is 6.08 Å². The number of carboxylic acids is 1. The van der Waals surface area contributed by atoms with Crippen molar-refractivity contribution in [3.05, 3.63) is 23.8 Å². The zero-order valence-electron chi connectivity index (χ0n) is 16.2. The Hall–Kier alpha value is -1.42. The fraction of sp³-hybridized carbons (Fsp3) is 0.739. The van der Waals surface area contributed by atoms with Gasteiger partial charge in [0.2, 0.25) is 0 Å². The van der Waals surface area contributed by atoms with Crippen molar-refractivity contribution in [1.29, 1.82) is 0 Å². The van der Waals surface area contributed by atoms with Gasteiger partial charge in [0.05, 0.1) is 5.60 Å². The Kier molecular flexibility index (Phi) is 3.64. The lowest BCUT2D eigenvalue weighted by atomic mass is 9.47. The van der Waals surface area contributed by atoms with E-state index in [1.165, 1.54) is 5.57 Å². The van der Waals surface area contributed by atoms with Crippen molar-refractivity contribution in [3.63, 3.8) is 0 Å². The summed E-state index contributed by atoms with van der Waals surface area (Å²) in [4.78, 5) is 23.0. The lowest BCUT2D eigenvalue weighted by Gasteiger charge is -2.58. The molecule has 0 heterocycles. The van der Waals surface area contributed by atoms with Crippen LogP contribution >= 0.6 is 0 Å². The molecule has 0 aromatic rings. The molecule has 5 aliphatic rings. The van der Waals surface area contributed by atoms with Crippen molar-refractivity contribution < 1.29 is 19.8 Å². The molecule has 4 fully saturated rings. The number of aliphatic carboxylic acids is 1. The van der Waals surface area contributed by atoms with E-state index in [9.17, 15) is 14.7 Å². The molecule has 0 aromatic heterocycles. The first-order valence-electron chi connectivity index (χ1n) is 10.6. The van der Waals surface area contributed by atoms with Crippen LogP contribution in [-0.2, 0) is 9.59 Å². The summed E-state index contributed by atoms with van der Waals surface area (Å²) in [5.74, 6) is 2.83. The van der Waals surface area contributed by atoms with Crippen molar-refractivity contribution >= 4 is 11.8 Å². The molecule has 0 aromatic carbocycles. The summed E-state index contributed by atoms with van der Waals surface area (Å²) in [6.07, 6.45) is 10.5. The summed E-state index contributed by atoms with van der Waals surface area (Å²) in [6.45, 7) is 4.55. The van der Waals surface area contributed by atoms with Gasteiger partial charge < -0.3 is 10.2 Å². The highest BCUT2D eigenvalue weighted by Gasteiger charge is 2.75. The van der Waals surface area contributed by atoms with Crippen LogP contribution in [0.1, 0.15) is 52.4 Å². The van der Waals surface area contributed by atoms with E-state index in [1.807, 2.05) is 6.08 Å². The van der Waals surface area contributed by atoms with Crippen LogP contribution in [0.4, 0.5) is 0 Å². The highest BCUT2D eigenvalue weighted by Crippen LogP contribution is 2.76. The van der Waals surface area contributed by atoms with Gasteiger partial charge in [-0.3, -0.25) is 4.79 Å². The molecule has 0 amide bonds. The molecular weight excluding hydrogens is 340 g/mol. The quantitative estimate of drug-likeness (QED) is 0.728. The van der Waals surface area contributed by atoms with Crippen LogP contribution < -0.4 is 0 Å². The standard InChI is InChI=1S/C23H30O4/c1-12-9-13-10-14(24)3-4-15(13)16-5-7-22(2)21(20(12)16)17-11-18(17)23(22,27)8-6-19(25)26/h6,8,10,12,15-18,20-21,27H,3-5,7,9,11H2,1-2H3,(H,25,26)/b8-6-/t12-,15+,16-,17-,18+,20-,21+,22+,23+/m1/s1. The predicted octanol–water partition coefficient (Wildman–Crippen LogP) is 3.60. The van der Waals surface area contributed by atoms with Crippen molar-refractivity contribution in [3.8, 4) is 0 Å². The second kappa shape index (κ2) is 5.56. The summed E-state index contributed by atoms with van der Waals surface area (Å²) in [5.41, 5.74) is 0.174. The van der Waals surface area contributed by atoms with Crippen molar-refractivity contribution in [2.45, 2.75) is 58.0 Å². The Balaban J connectivity index is 1.52. The summed E-state index contributed by atoms with van der Waals surface area (Å²) in [5, 5.41) is 20.8. The maximum absolute atomic E-state index is 11.9. The Morgan fingerprint density at radius 2 is 2.07 bits per heavy atom. The van der Waals surface area contributed by atoms with Gasteiger partial charge in [-0.2, -0.15) is 0 Å². The molecule has 0 saturated heterocycles. The van der Waals surface area contributed by atoms with Gasteiger partial charge in [-0.15, -0.1) is 0 Å². The third kappa shape index (κ3) is 2.25. The van der Waals surface area contributed by atoms with Gasteiger partial charge in [-0.1, -0.05) is 19.4 Å². The Morgan fingerprint density at radius 1 is 1.30 bits per heavy atom. The maximum atomic E-state index is 11.9. The second-order valence-electron chi connectivity index (χ2n) is 10.2. The van der Waals surface area contributed by atoms with Crippen LogP contribution in [-0.4, -0.2) is 27.6 Å². The van der Waals surface area contributed by atoms with E-state index >= 15 is 0 Å². The number of fused-ring (bicyclic) bond motifs is 7. The number of carbonyl (C=O) groups is 2. The van der Waals surface area contributed by atoms with E-state index < -0.39 is 11.6 Å². The smallest absolute Gasteiger partial charge is 0.328 e. The number of carbonyl (C=O) groups excluding carboxylic acids is 1. The first kappa shape index (κ1) is 17.7. The number of aliphatic hydroxyl groups is 1. The molecule has 27 heavy (non-hydrogen) atoms. The van der Waals surface area contributed by atoms with Gasteiger partial charge in [0, 0.05) is 17.9 Å². The van der Waals surface area contributed by atoms with Gasteiger partial charge in [-0.05, 0) is 85.7 Å². The van der Waals surface area contributed by atoms with Gasteiger partial charge in [0.25, 0.3) is 0 Å². The molecule has 9 atom stereocenters. The molecule has 0 bridgehead atoms. The van der Waals surface area contributed by atoms with Crippen LogP contribution in [0.2, 0.25) is 0 Å². The maximum Gasteiger partial charge on any atom is 0.328 e. The summed E-state index contributed by atoms with van der Waals surface area (Å²) >= 11 is 0.